The summed E-state index contributed by atoms with van der Waals surface area (Å²) in [5.41, 5.74) is -0.186. The first-order valence-electron chi connectivity index (χ1n) is 20.7. The summed E-state index contributed by atoms with van der Waals surface area (Å²) in [6.07, 6.45) is -5.54. The standard InChI is InChI=1S/C45H56N7O10P/c1-27(2)41(54)49-44-48-40-35(42(55)50-44)47-26-51(40)43-38(59-9)36(62-63(56,60-25-13-24-46)52(28(3)4)29(5)6)37(61-43)39(53)45(30-14-11-10-12-15-30,31-16-20-33(57-7)21-17-31)32-18-22-34(58-8)23-19-32/h10-12,14-23,26-29,36-39,43,53H,13,25H2,1-9H3,(H2,48,49,50,54,55)/t36-,37+,38-,39?,43-,63?/m1/s1. The van der Waals surface area contributed by atoms with Gasteiger partial charge in [-0.05, 0) is 68.7 Å². The van der Waals surface area contributed by atoms with Crippen molar-refractivity contribution in [1.82, 2.24) is 24.2 Å². The molecule has 63 heavy (non-hydrogen) atoms. The summed E-state index contributed by atoms with van der Waals surface area (Å²) >= 11 is 0. The number of aliphatic hydroxyl groups excluding tert-OH is 1. The van der Waals surface area contributed by atoms with Crippen molar-refractivity contribution in [2.45, 2.75) is 96.1 Å². The molecule has 6 atom stereocenters. The van der Waals surface area contributed by atoms with Gasteiger partial charge in [0, 0.05) is 25.1 Å². The van der Waals surface area contributed by atoms with E-state index in [0.29, 0.717) is 28.2 Å². The zero-order chi connectivity index (χ0) is 45.6. The van der Waals surface area contributed by atoms with Gasteiger partial charge in [0.1, 0.15) is 35.9 Å². The molecule has 18 heteroatoms. The molecular formula is C45H56N7O10P. The van der Waals surface area contributed by atoms with Crippen molar-refractivity contribution in [1.29, 1.82) is 5.26 Å². The maximum atomic E-state index is 15.5. The zero-order valence-electron chi connectivity index (χ0n) is 36.9. The summed E-state index contributed by atoms with van der Waals surface area (Å²) < 4.78 is 55.9. The number of hydrogen-bond acceptors (Lipinski definition) is 13. The lowest BCUT2D eigenvalue weighted by molar-refractivity contribution is -0.118. The molecule has 0 spiro atoms. The fourth-order valence-electron chi connectivity index (χ4n) is 8.29. The lowest BCUT2D eigenvalue weighted by Gasteiger charge is -2.44. The van der Waals surface area contributed by atoms with E-state index in [1.165, 1.54) is 18.0 Å². The molecule has 1 aliphatic rings. The molecule has 6 rings (SSSR count). The fraction of sp³-hybridized carbons (Fsp3) is 0.444. The highest BCUT2D eigenvalue weighted by Crippen LogP contribution is 2.59. The summed E-state index contributed by atoms with van der Waals surface area (Å²) in [6.45, 7) is 10.6. The van der Waals surface area contributed by atoms with Crippen LogP contribution in [0.5, 0.6) is 11.5 Å². The Kier molecular flexibility index (Phi) is 14.9. The van der Waals surface area contributed by atoms with Gasteiger partial charge < -0.3 is 24.1 Å². The van der Waals surface area contributed by atoms with Crippen LogP contribution >= 0.6 is 7.75 Å². The minimum absolute atomic E-state index is 0.0258. The molecule has 0 saturated carbocycles. The molecule has 1 fully saturated rings. The predicted molar refractivity (Wildman–Crippen MR) is 235 cm³/mol. The number of aromatic amines is 1. The quantitative estimate of drug-likeness (QED) is 0.0454. The Morgan fingerprint density at radius 1 is 0.937 bits per heavy atom. The van der Waals surface area contributed by atoms with Crippen molar-refractivity contribution in [3.63, 3.8) is 0 Å². The van der Waals surface area contributed by atoms with Crippen LogP contribution in [0.3, 0.4) is 0 Å². The van der Waals surface area contributed by atoms with E-state index in [9.17, 15) is 20.0 Å². The number of aromatic nitrogens is 4. The average molecular weight is 886 g/mol. The predicted octanol–water partition coefficient (Wildman–Crippen LogP) is 6.58. The van der Waals surface area contributed by atoms with Crippen LogP contribution < -0.4 is 20.3 Å². The number of benzene rings is 3. The molecule has 0 radical (unpaired) electrons. The number of methoxy groups -OCH3 is 3. The number of nitrogens with zero attached hydrogens (tertiary/aromatic N) is 5. The lowest BCUT2D eigenvalue weighted by atomic mass is 9.64. The van der Waals surface area contributed by atoms with E-state index in [2.05, 4.69) is 20.3 Å². The molecule has 3 aromatic carbocycles. The molecule has 0 bridgehead atoms. The molecule has 0 aliphatic carbocycles. The monoisotopic (exact) mass is 885 g/mol. The number of nitrogens with one attached hydrogen (secondary N) is 2. The number of carbonyl (C=O) groups excluding carboxylic acids is 1. The average Bonchev–Trinajstić information content (AvgIpc) is 3.85. The highest BCUT2D eigenvalue weighted by Gasteiger charge is 2.59. The number of rotatable bonds is 19. The van der Waals surface area contributed by atoms with E-state index < -0.39 is 55.3 Å². The maximum Gasteiger partial charge on any atom is 0.409 e. The van der Waals surface area contributed by atoms with E-state index in [0.717, 1.165) is 0 Å². The molecule has 1 saturated heterocycles. The number of nitriles is 1. The summed E-state index contributed by atoms with van der Waals surface area (Å²) in [4.78, 5) is 37.7. The Labute approximate surface area is 366 Å². The van der Waals surface area contributed by atoms with Crippen molar-refractivity contribution >= 4 is 30.8 Å². The van der Waals surface area contributed by atoms with Crippen LogP contribution in [-0.2, 0) is 33.3 Å². The first-order chi connectivity index (χ1) is 30.1. The van der Waals surface area contributed by atoms with Gasteiger partial charge >= 0.3 is 7.75 Å². The molecule has 336 valence electrons. The van der Waals surface area contributed by atoms with Gasteiger partial charge in [0.25, 0.3) is 5.56 Å². The first kappa shape index (κ1) is 47.0. The van der Waals surface area contributed by atoms with Gasteiger partial charge in [-0.3, -0.25) is 33.5 Å². The molecular weight excluding hydrogens is 830 g/mol. The second-order valence-electron chi connectivity index (χ2n) is 16.0. The Hall–Kier alpha value is -5.44. The Balaban J connectivity index is 1.63. The topological polar surface area (TPSA) is 212 Å². The number of hydrogen-bond donors (Lipinski definition) is 3. The number of ether oxygens (including phenoxy) is 4. The SMILES string of the molecule is COc1ccc(C(c2ccccc2)(c2ccc(OC)cc2)C(O)[C@H]2O[C@@H](n3cnc4c(=O)[nH]c(NC(=O)C(C)C)nc43)[C@H](OC)[C@@H]2OP(=O)(OCCC#N)N(C(C)C)C(C)C)cc1. The number of aliphatic hydroxyl groups is 1. The number of carbonyl (C=O) groups is 1. The van der Waals surface area contributed by atoms with Gasteiger partial charge in [0.15, 0.2) is 17.4 Å². The second-order valence-corrected chi connectivity index (χ2v) is 17.9. The molecule has 17 nitrogen and oxygen atoms in total. The van der Waals surface area contributed by atoms with Gasteiger partial charge in [0.05, 0.1) is 45.1 Å². The van der Waals surface area contributed by atoms with Gasteiger partial charge in [0.2, 0.25) is 11.9 Å². The van der Waals surface area contributed by atoms with Crippen molar-refractivity contribution < 1.29 is 42.5 Å². The summed E-state index contributed by atoms with van der Waals surface area (Å²) in [6, 6.07) is 25.3. The normalized spacial score (nSPS) is 19.4. The van der Waals surface area contributed by atoms with Crippen LogP contribution in [-0.4, -0.2) is 99.6 Å². The Morgan fingerprint density at radius 2 is 1.51 bits per heavy atom. The summed E-state index contributed by atoms with van der Waals surface area (Å²) in [5.74, 6) is 0.244. The van der Waals surface area contributed by atoms with Crippen LogP contribution in [0.4, 0.5) is 5.95 Å². The van der Waals surface area contributed by atoms with Crippen LogP contribution in [0.2, 0.25) is 0 Å². The number of fused-ring (bicyclic) bond motifs is 1. The van der Waals surface area contributed by atoms with Crippen LogP contribution in [0.15, 0.2) is 90.0 Å². The van der Waals surface area contributed by atoms with E-state index in [1.54, 1.807) is 57.0 Å². The molecule has 2 unspecified atom stereocenters. The van der Waals surface area contributed by atoms with Crippen LogP contribution in [0.25, 0.3) is 11.2 Å². The molecule has 5 aromatic rings. The zero-order valence-corrected chi connectivity index (χ0v) is 37.8. The van der Waals surface area contributed by atoms with Crippen LogP contribution in [0, 0.1) is 17.2 Å². The molecule has 1 amide bonds. The molecule has 3 N–H and O–H groups in total. The van der Waals surface area contributed by atoms with Gasteiger partial charge in [-0.15, -0.1) is 0 Å². The van der Waals surface area contributed by atoms with Gasteiger partial charge in [-0.25, -0.2) is 14.2 Å². The summed E-state index contributed by atoms with van der Waals surface area (Å²) in [7, 11) is 0.152. The van der Waals surface area contributed by atoms with Crippen molar-refractivity contribution in [2.24, 2.45) is 5.92 Å². The third kappa shape index (κ3) is 9.30. The lowest BCUT2D eigenvalue weighted by Crippen LogP contribution is -2.53. The third-order valence-corrected chi connectivity index (χ3v) is 13.6. The fourth-order valence-corrected chi connectivity index (χ4v) is 10.6. The largest absolute Gasteiger partial charge is 0.497 e. The Morgan fingerprint density at radius 3 is 2.02 bits per heavy atom. The minimum Gasteiger partial charge on any atom is -0.497 e. The number of anilines is 1. The molecule has 1 aliphatic heterocycles. The van der Waals surface area contributed by atoms with Crippen molar-refractivity contribution in [2.75, 3.05) is 33.3 Å². The van der Waals surface area contributed by atoms with Gasteiger partial charge in [-0.2, -0.15) is 10.2 Å². The van der Waals surface area contributed by atoms with Crippen molar-refractivity contribution in [3.8, 4) is 17.6 Å². The van der Waals surface area contributed by atoms with Gasteiger partial charge in [-0.1, -0.05) is 68.4 Å². The number of imidazole rings is 1. The second kappa shape index (κ2) is 19.9. The van der Waals surface area contributed by atoms with E-state index in [-0.39, 0.29) is 48.1 Å². The number of H-pyrrole nitrogens is 1. The summed E-state index contributed by atoms with van der Waals surface area (Å²) in [5, 5.41) is 25.8. The van der Waals surface area contributed by atoms with Crippen molar-refractivity contribution in [3.05, 3.63) is 112 Å². The minimum atomic E-state index is -4.40. The highest BCUT2D eigenvalue weighted by atomic mass is 31.2. The van der Waals surface area contributed by atoms with E-state index in [1.807, 2.05) is 88.4 Å². The Bertz CT molecular complexity index is 2420. The highest BCUT2D eigenvalue weighted by molar-refractivity contribution is 7.51. The molecule has 3 heterocycles. The van der Waals surface area contributed by atoms with E-state index in [4.69, 9.17) is 28.0 Å². The number of amides is 1. The smallest absolute Gasteiger partial charge is 0.409 e. The third-order valence-electron chi connectivity index (χ3n) is 11.1. The van der Waals surface area contributed by atoms with Crippen LogP contribution in [0.1, 0.15) is 70.9 Å². The van der Waals surface area contributed by atoms with E-state index >= 15 is 4.57 Å². The maximum absolute atomic E-state index is 15.5. The first-order valence-corrected chi connectivity index (χ1v) is 22.2. The molecule has 2 aromatic heterocycles.